The smallest absolute Gasteiger partial charge is 0.271 e. The van der Waals surface area contributed by atoms with E-state index >= 15 is 0 Å². The average Bonchev–Trinajstić information content (AvgIpc) is 2.70. The van der Waals surface area contributed by atoms with E-state index in [0.29, 0.717) is 0 Å². The molecule has 2 aromatic rings. The topological polar surface area (TPSA) is 71.8 Å². The molecule has 0 bridgehead atoms. The summed E-state index contributed by atoms with van der Waals surface area (Å²) in [5.74, 6) is 1.01. The molecule has 6 heteroatoms. The Bertz CT molecular complexity index is 538. The van der Waals surface area contributed by atoms with Gasteiger partial charge < -0.3 is 4.98 Å². The van der Waals surface area contributed by atoms with E-state index in [0.717, 1.165) is 34.8 Å². The van der Waals surface area contributed by atoms with Gasteiger partial charge in [-0.15, -0.1) is 0 Å². The van der Waals surface area contributed by atoms with Crippen LogP contribution in [-0.2, 0) is 0 Å². The van der Waals surface area contributed by atoms with Crippen molar-refractivity contribution in [1.82, 2.24) is 9.97 Å². The highest BCUT2D eigenvalue weighted by Gasteiger charge is 2.09. The van der Waals surface area contributed by atoms with Gasteiger partial charge in [-0.25, -0.2) is 4.98 Å². The number of non-ortho nitro benzene ring substituents is 1. The third kappa shape index (κ3) is 2.76. The highest BCUT2D eigenvalue weighted by Crippen LogP contribution is 2.23. The van der Waals surface area contributed by atoms with Crippen LogP contribution in [0.3, 0.4) is 0 Å². The van der Waals surface area contributed by atoms with Crippen LogP contribution in [0.25, 0.3) is 11.0 Å². The van der Waals surface area contributed by atoms with Gasteiger partial charge in [0.15, 0.2) is 5.16 Å². The summed E-state index contributed by atoms with van der Waals surface area (Å²) < 4.78 is 0. The fourth-order valence-electron chi connectivity index (χ4n) is 1.47. The van der Waals surface area contributed by atoms with Gasteiger partial charge in [-0.2, -0.15) is 0 Å². The molecule has 0 saturated carbocycles. The number of benzene rings is 1. The molecule has 0 radical (unpaired) electrons. The molecule has 1 N–H and O–H groups in total. The first-order chi connectivity index (χ1) is 8.20. The number of hydrogen-bond acceptors (Lipinski definition) is 4. The number of unbranched alkanes of at least 4 members (excludes halogenated alkanes) is 1. The van der Waals surface area contributed by atoms with Crippen LogP contribution < -0.4 is 0 Å². The lowest BCUT2D eigenvalue weighted by Gasteiger charge is -1.93. The minimum Gasteiger partial charge on any atom is -0.333 e. The molecule has 0 amide bonds. The Morgan fingerprint density at radius 3 is 3.06 bits per heavy atom. The van der Waals surface area contributed by atoms with Crippen molar-refractivity contribution in [1.29, 1.82) is 0 Å². The Hall–Kier alpha value is -1.56. The number of nitro groups is 1. The largest absolute Gasteiger partial charge is 0.333 e. The molecule has 2 rings (SSSR count). The summed E-state index contributed by atoms with van der Waals surface area (Å²) in [5, 5.41) is 11.5. The Labute approximate surface area is 103 Å². The summed E-state index contributed by atoms with van der Waals surface area (Å²) >= 11 is 1.65. The van der Waals surface area contributed by atoms with Gasteiger partial charge >= 0.3 is 0 Å². The number of thioether (sulfide) groups is 1. The predicted octanol–water partition coefficient (Wildman–Crippen LogP) is 3.36. The van der Waals surface area contributed by atoms with Crippen molar-refractivity contribution in [3.05, 3.63) is 28.3 Å². The maximum atomic E-state index is 10.6. The second-order valence-electron chi connectivity index (χ2n) is 3.70. The summed E-state index contributed by atoms with van der Waals surface area (Å²) in [7, 11) is 0. The van der Waals surface area contributed by atoms with Gasteiger partial charge in [-0.1, -0.05) is 25.1 Å². The van der Waals surface area contributed by atoms with Crippen molar-refractivity contribution >= 4 is 28.5 Å². The number of hydrogen-bond donors (Lipinski definition) is 1. The Morgan fingerprint density at radius 2 is 2.35 bits per heavy atom. The van der Waals surface area contributed by atoms with Crippen molar-refractivity contribution in [3.8, 4) is 0 Å². The second-order valence-corrected chi connectivity index (χ2v) is 4.79. The monoisotopic (exact) mass is 251 g/mol. The molecular formula is C11H13N3O2S. The van der Waals surface area contributed by atoms with Crippen LogP contribution in [0.2, 0.25) is 0 Å². The number of imidazole rings is 1. The zero-order valence-corrected chi connectivity index (χ0v) is 10.3. The van der Waals surface area contributed by atoms with Crippen LogP contribution in [0, 0.1) is 10.1 Å². The zero-order chi connectivity index (χ0) is 12.3. The van der Waals surface area contributed by atoms with Crippen molar-refractivity contribution in [2.45, 2.75) is 24.9 Å². The van der Waals surface area contributed by atoms with Gasteiger partial charge in [-0.3, -0.25) is 10.1 Å². The van der Waals surface area contributed by atoms with Crippen LogP contribution in [0.4, 0.5) is 5.69 Å². The molecule has 17 heavy (non-hydrogen) atoms. The molecule has 0 unspecified atom stereocenters. The lowest BCUT2D eigenvalue weighted by molar-refractivity contribution is -0.384. The van der Waals surface area contributed by atoms with Crippen molar-refractivity contribution < 1.29 is 4.92 Å². The number of nitrogens with zero attached hydrogens (tertiary/aromatic N) is 2. The second kappa shape index (κ2) is 5.18. The van der Waals surface area contributed by atoms with Crippen LogP contribution in [0.5, 0.6) is 0 Å². The minimum atomic E-state index is -0.399. The average molecular weight is 251 g/mol. The normalized spacial score (nSPS) is 10.9. The van der Waals surface area contributed by atoms with Gasteiger partial charge in [0.1, 0.15) is 0 Å². The molecule has 90 valence electrons. The Morgan fingerprint density at radius 1 is 1.53 bits per heavy atom. The first-order valence-electron chi connectivity index (χ1n) is 5.47. The molecule has 0 aliphatic heterocycles. The maximum Gasteiger partial charge on any atom is 0.271 e. The third-order valence-corrected chi connectivity index (χ3v) is 3.35. The molecular weight excluding hydrogens is 238 g/mol. The lowest BCUT2D eigenvalue weighted by atomic mass is 10.3. The highest BCUT2D eigenvalue weighted by atomic mass is 32.2. The van der Waals surface area contributed by atoms with E-state index in [2.05, 4.69) is 16.9 Å². The number of nitrogens with one attached hydrogen (secondary N) is 1. The van der Waals surface area contributed by atoms with Gasteiger partial charge in [0.05, 0.1) is 16.0 Å². The molecule has 1 heterocycles. The SMILES string of the molecule is CCCCSc1nc2ccc([N+](=O)[O-])cc2[nH]1. The Kier molecular flexibility index (Phi) is 3.63. The minimum absolute atomic E-state index is 0.0891. The third-order valence-electron chi connectivity index (χ3n) is 2.39. The molecule has 5 nitrogen and oxygen atoms in total. The molecule has 0 saturated heterocycles. The quantitative estimate of drug-likeness (QED) is 0.383. The molecule has 1 aromatic heterocycles. The summed E-state index contributed by atoms with van der Waals surface area (Å²) in [5.41, 5.74) is 1.58. The van der Waals surface area contributed by atoms with E-state index < -0.39 is 4.92 Å². The van der Waals surface area contributed by atoms with Gasteiger partial charge in [0.25, 0.3) is 5.69 Å². The van der Waals surface area contributed by atoms with Crippen LogP contribution in [0.15, 0.2) is 23.4 Å². The van der Waals surface area contributed by atoms with Gasteiger partial charge in [0, 0.05) is 17.9 Å². The summed E-state index contributed by atoms with van der Waals surface area (Å²) in [6, 6.07) is 4.67. The molecule has 1 aromatic carbocycles. The fourth-order valence-corrected chi connectivity index (χ4v) is 2.44. The number of aromatic amines is 1. The van der Waals surface area contributed by atoms with Crippen LogP contribution >= 0.6 is 11.8 Å². The van der Waals surface area contributed by atoms with Crippen molar-refractivity contribution in [2.24, 2.45) is 0 Å². The van der Waals surface area contributed by atoms with E-state index in [-0.39, 0.29) is 5.69 Å². The lowest BCUT2D eigenvalue weighted by Crippen LogP contribution is -1.86. The van der Waals surface area contributed by atoms with Gasteiger partial charge in [0.2, 0.25) is 0 Å². The van der Waals surface area contributed by atoms with Crippen LogP contribution in [-0.4, -0.2) is 20.6 Å². The molecule has 0 fully saturated rings. The zero-order valence-electron chi connectivity index (χ0n) is 9.47. The Balaban J connectivity index is 2.21. The van der Waals surface area contributed by atoms with Crippen LogP contribution in [0.1, 0.15) is 19.8 Å². The standard InChI is InChI=1S/C11H13N3O2S/c1-2-3-6-17-11-12-9-5-4-8(14(15)16)7-10(9)13-11/h4-5,7H,2-3,6H2,1H3,(H,12,13). The summed E-state index contributed by atoms with van der Waals surface area (Å²) in [6.07, 6.45) is 2.29. The highest BCUT2D eigenvalue weighted by molar-refractivity contribution is 7.99. The van der Waals surface area contributed by atoms with E-state index in [1.807, 2.05) is 0 Å². The first-order valence-corrected chi connectivity index (χ1v) is 6.46. The molecule has 0 aliphatic carbocycles. The van der Waals surface area contributed by atoms with E-state index in [1.165, 1.54) is 12.1 Å². The fraction of sp³-hybridized carbons (Fsp3) is 0.364. The van der Waals surface area contributed by atoms with E-state index in [4.69, 9.17) is 0 Å². The van der Waals surface area contributed by atoms with Crippen molar-refractivity contribution in [3.63, 3.8) is 0 Å². The number of aromatic nitrogens is 2. The molecule has 0 atom stereocenters. The number of fused-ring (bicyclic) bond motifs is 1. The molecule has 0 aliphatic rings. The van der Waals surface area contributed by atoms with Gasteiger partial charge in [-0.05, 0) is 12.5 Å². The predicted molar refractivity (Wildman–Crippen MR) is 68.4 cm³/mol. The number of H-pyrrole nitrogens is 1. The van der Waals surface area contributed by atoms with E-state index in [9.17, 15) is 10.1 Å². The first kappa shape index (κ1) is 11.9. The van der Waals surface area contributed by atoms with E-state index in [1.54, 1.807) is 17.8 Å². The number of rotatable bonds is 5. The molecule has 0 spiro atoms. The maximum absolute atomic E-state index is 10.6. The number of nitro benzene ring substituents is 1. The van der Waals surface area contributed by atoms with Crippen molar-refractivity contribution in [2.75, 3.05) is 5.75 Å². The summed E-state index contributed by atoms with van der Waals surface area (Å²) in [4.78, 5) is 17.7. The summed E-state index contributed by atoms with van der Waals surface area (Å²) in [6.45, 7) is 2.14.